The molecule has 2 N–H and O–H groups in total. The van der Waals surface area contributed by atoms with E-state index in [1.807, 2.05) is 0 Å². The van der Waals surface area contributed by atoms with Gasteiger partial charge in [0.1, 0.15) is 12.4 Å². The van der Waals surface area contributed by atoms with Crippen molar-refractivity contribution in [3.05, 3.63) is 78.6 Å². The summed E-state index contributed by atoms with van der Waals surface area (Å²) in [5.41, 5.74) is 9.64. The molecule has 0 spiro atoms. The average Bonchev–Trinajstić information content (AvgIpc) is 2.81. The third kappa shape index (κ3) is 4.38. The second kappa shape index (κ2) is 9.91. The number of benzene rings is 2. The molecule has 176 valence electrons. The highest BCUT2D eigenvalue weighted by atomic mass is 79.9. The van der Waals surface area contributed by atoms with E-state index in [0.717, 1.165) is 24.1 Å². The molecule has 0 aromatic heterocycles. The lowest BCUT2D eigenvalue weighted by molar-refractivity contribution is -0.116. The summed E-state index contributed by atoms with van der Waals surface area (Å²) < 4.78 is 12.3. The maximum atomic E-state index is 13.0. The van der Waals surface area contributed by atoms with Crippen LogP contribution in [0.15, 0.2) is 57.5 Å². The van der Waals surface area contributed by atoms with Gasteiger partial charge in [-0.1, -0.05) is 45.2 Å². The molecule has 0 fully saturated rings. The molecule has 2 aromatic carbocycles. The Labute approximate surface area is 216 Å². The zero-order chi connectivity index (χ0) is 24.6. The van der Waals surface area contributed by atoms with Crippen molar-refractivity contribution in [2.24, 2.45) is 5.73 Å². The monoisotopic (exact) mass is 561 g/mol. The summed E-state index contributed by atoms with van der Waals surface area (Å²) in [5.74, 6) is 0.735. The maximum absolute atomic E-state index is 13.0. The summed E-state index contributed by atoms with van der Waals surface area (Å²) in [6.07, 6.45) is 1.93. The first kappa shape index (κ1) is 24.5. The predicted molar refractivity (Wildman–Crippen MR) is 135 cm³/mol. The zero-order valence-corrected chi connectivity index (χ0v) is 21.7. The Morgan fingerprint density at radius 3 is 2.68 bits per heavy atom. The molecule has 1 aliphatic carbocycles. The first-order valence-corrected chi connectivity index (χ1v) is 12.2. The van der Waals surface area contributed by atoms with E-state index in [-0.39, 0.29) is 12.4 Å². The van der Waals surface area contributed by atoms with Crippen LogP contribution >= 0.6 is 39.1 Å². The van der Waals surface area contributed by atoms with Crippen molar-refractivity contribution in [3.8, 4) is 17.6 Å². The van der Waals surface area contributed by atoms with Crippen molar-refractivity contribution in [1.82, 2.24) is 4.90 Å². The molecule has 1 atom stereocenters. The number of nitrogens with two attached hydrogens (primary N) is 1. The first-order valence-electron chi connectivity index (χ1n) is 10.6. The number of ketones is 1. The minimum Gasteiger partial charge on any atom is -0.493 e. The highest BCUT2D eigenvalue weighted by Crippen LogP contribution is 2.48. The van der Waals surface area contributed by atoms with Crippen LogP contribution in [0.25, 0.3) is 0 Å². The van der Waals surface area contributed by atoms with E-state index in [2.05, 4.69) is 22.0 Å². The number of carbonyl (C=O) groups is 1. The van der Waals surface area contributed by atoms with E-state index < -0.39 is 5.92 Å². The number of Topliss-reactive ketones (excluding diaryl/α,β-unsaturated/α-hetero) is 1. The summed E-state index contributed by atoms with van der Waals surface area (Å²) in [4.78, 5) is 14.8. The molecule has 34 heavy (non-hydrogen) atoms. The van der Waals surface area contributed by atoms with Gasteiger partial charge in [0, 0.05) is 44.8 Å². The lowest BCUT2D eigenvalue weighted by Gasteiger charge is -2.38. The first-order chi connectivity index (χ1) is 16.3. The summed E-state index contributed by atoms with van der Waals surface area (Å²) in [5, 5.41) is 11.0. The summed E-state index contributed by atoms with van der Waals surface area (Å²) in [7, 11) is 3.33. The molecular formula is C25H22BrCl2N3O3. The zero-order valence-electron chi connectivity index (χ0n) is 18.6. The Morgan fingerprint density at radius 1 is 1.24 bits per heavy atom. The molecule has 0 saturated heterocycles. The SMILES string of the molecule is COc1cc([C@@H]2C(C#N)=C(N)N(C)C3=C2C(=O)CCC3)c(Br)cc1OCc1ccc(Cl)cc1Cl. The van der Waals surface area contributed by atoms with Gasteiger partial charge in [-0.2, -0.15) is 5.26 Å². The minimum absolute atomic E-state index is 0.0296. The number of hydrogen-bond donors (Lipinski definition) is 1. The smallest absolute Gasteiger partial charge is 0.162 e. The molecule has 0 bridgehead atoms. The van der Waals surface area contributed by atoms with E-state index >= 15 is 0 Å². The third-order valence-electron chi connectivity index (χ3n) is 6.16. The normalized spacial score (nSPS) is 18.1. The van der Waals surface area contributed by atoms with Gasteiger partial charge in [-0.25, -0.2) is 0 Å². The standard InChI is InChI=1S/C25H22BrCl2N3O3/c1-31-19-4-3-5-20(32)24(19)23(16(11-29)25(31)30)15-9-21(33-2)22(10-17(15)26)34-12-13-6-7-14(27)8-18(13)28/h6-10,23H,3-5,12,30H2,1-2H3/t23-/m1/s1. The fraction of sp³-hybridized carbons (Fsp3) is 0.280. The van der Waals surface area contributed by atoms with Crippen LogP contribution in [0.2, 0.25) is 10.0 Å². The van der Waals surface area contributed by atoms with Gasteiger partial charge in [0.25, 0.3) is 0 Å². The number of halogens is 3. The molecule has 1 aliphatic heterocycles. The number of nitrogens with zero attached hydrogens (tertiary/aromatic N) is 2. The van der Waals surface area contributed by atoms with Gasteiger partial charge in [-0.05, 0) is 42.7 Å². The fourth-order valence-electron chi connectivity index (χ4n) is 4.41. The van der Waals surface area contributed by atoms with Crippen LogP contribution in [0.4, 0.5) is 0 Å². The largest absolute Gasteiger partial charge is 0.493 e. The van der Waals surface area contributed by atoms with Gasteiger partial charge in [0.2, 0.25) is 0 Å². The molecule has 0 radical (unpaired) electrons. The fourth-order valence-corrected chi connectivity index (χ4v) is 5.43. The van der Waals surface area contributed by atoms with Crippen LogP contribution < -0.4 is 15.2 Å². The average molecular weight is 563 g/mol. The Morgan fingerprint density at radius 2 is 2.00 bits per heavy atom. The number of ether oxygens (including phenoxy) is 2. The van der Waals surface area contributed by atoms with Gasteiger partial charge >= 0.3 is 0 Å². The number of hydrogen-bond acceptors (Lipinski definition) is 6. The van der Waals surface area contributed by atoms with Gasteiger partial charge in [0.15, 0.2) is 17.3 Å². The molecule has 2 aliphatic rings. The highest BCUT2D eigenvalue weighted by molar-refractivity contribution is 9.10. The van der Waals surface area contributed by atoms with Crippen LogP contribution in [0.5, 0.6) is 11.5 Å². The molecule has 0 saturated carbocycles. The van der Waals surface area contributed by atoms with E-state index in [9.17, 15) is 10.1 Å². The highest BCUT2D eigenvalue weighted by Gasteiger charge is 2.39. The number of nitriles is 1. The van der Waals surface area contributed by atoms with E-state index in [4.69, 9.17) is 38.4 Å². The quantitative estimate of drug-likeness (QED) is 0.475. The lowest BCUT2D eigenvalue weighted by atomic mass is 9.76. The Bertz CT molecular complexity index is 1280. The van der Waals surface area contributed by atoms with Crippen molar-refractivity contribution in [2.75, 3.05) is 14.2 Å². The maximum Gasteiger partial charge on any atom is 0.162 e. The molecule has 0 unspecified atom stereocenters. The number of rotatable bonds is 5. The van der Waals surface area contributed by atoms with Gasteiger partial charge in [-0.15, -0.1) is 0 Å². The number of methoxy groups -OCH3 is 1. The second-order valence-electron chi connectivity index (χ2n) is 8.09. The molecule has 6 nitrogen and oxygen atoms in total. The molecular weight excluding hydrogens is 541 g/mol. The summed E-state index contributed by atoms with van der Waals surface area (Å²) in [6.45, 7) is 0.205. The van der Waals surface area contributed by atoms with E-state index in [1.54, 1.807) is 42.3 Å². The van der Waals surface area contributed by atoms with Crippen molar-refractivity contribution >= 4 is 44.9 Å². The summed E-state index contributed by atoms with van der Waals surface area (Å²) in [6, 6.07) is 11.0. The van der Waals surface area contributed by atoms with Gasteiger partial charge < -0.3 is 20.1 Å². The van der Waals surface area contributed by atoms with Crippen molar-refractivity contribution in [2.45, 2.75) is 31.8 Å². The van der Waals surface area contributed by atoms with Crippen LogP contribution in [0.3, 0.4) is 0 Å². The van der Waals surface area contributed by atoms with Gasteiger partial charge in [-0.3, -0.25) is 4.79 Å². The van der Waals surface area contributed by atoms with Crippen LogP contribution in [-0.2, 0) is 11.4 Å². The topological polar surface area (TPSA) is 88.6 Å². The Balaban J connectivity index is 1.76. The second-order valence-corrected chi connectivity index (χ2v) is 9.79. The number of carbonyl (C=O) groups excluding carboxylic acids is 1. The van der Waals surface area contributed by atoms with Crippen LogP contribution in [0, 0.1) is 11.3 Å². The summed E-state index contributed by atoms with van der Waals surface area (Å²) >= 11 is 15.9. The van der Waals surface area contributed by atoms with Crippen molar-refractivity contribution in [1.29, 1.82) is 5.26 Å². The molecule has 1 heterocycles. The predicted octanol–water partition coefficient (Wildman–Crippen LogP) is 6.07. The molecule has 9 heteroatoms. The van der Waals surface area contributed by atoms with Gasteiger partial charge in [0.05, 0.1) is 24.7 Å². The lowest BCUT2D eigenvalue weighted by Crippen LogP contribution is -2.36. The third-order valence-corrected chi connectivity index (χ3v) is 7.43. The number of allylic oxidation sites excluding steroid dienone is 3. The minimum atomic E-state index is -0.591. The Hall–Kier alpha value is -2.66. The Kier molecular flexibility index (Phi) is 7.13. The van der Waals surface area contributed by atoms with Crippen LogP contribution in [-0.4, -0.2) is 24.8 Å². The molecule has 4 rings (SSSR count). The molecule has 2 aromatic rings. The molecule has 0 amide bonds. The van der Waals surface area contributed by atoms with Crippen molar-refractivity contribution < 1.29 is 14.3 Å². The van der Waals surface area contributed by atoms with E-state index in [1.165, 1.54) is 7.11 Å². The van der Waals surface area contributed by atoms with E-state index in [0.29, 0.717) is 55.0 Å². The van der Waals surface area contributed by atoms with Crippen LogP contribution in [0.1, 0.15) is 36.3 Å². The van der Waals surface area contributed by atoms with Crippen molar-refractivity contribution in [3.63, 3.8) is 0 Å².